The van der Waals surface area contributed by atoms with Crippen LogP contribution in [0.25, 0.3) is 10.6 Å². The number of benzene rings is 1. The average molecular weight is 348 g/mol. The monoisotopic (exact) mass is 348 g/mol. The van der Waals surface area contributed by atoms with Crippen molar-refractivity contribution >= 4 is 17.2 Å². The van der Waals surface area contributed by atoms with Gasteiger partial charge in [0.25, 0.3) is 0 Å². The van der Waals surface area contributed by atoms with Gasteiger partial charge in [0.2, 0.25) is 5.91 Å². The SMILES string of the molecule is COc1ccc(-c2nc(CC(=O)N(C)CC(C)C)cs2)cc1OC. The van der Waals surface area contributed by atoms with E-state index in [-0.39, 0.29) is 5.91 Å². The number of hydrogen-bond donors (Lipinski definition) is 0. The maximum absolute atomic E-state index is 12.2. The molecule has 0 aliphatic rings. The van der Waals surface area contributed by atoms with Crippen molar-refractivity contribution in [1.29, 1.82) is 0 Å². The number of aromatic nitrogens is 1. The molecular weight excluding hydrogens is 324 g/mol. The number of carbonyl (C=O) groups is 1. The summed E-state index contributed by atoms with van der Waals surface area (Å²) in [6.45, 7) is 4.95. The second kappa shape index (κ2) is 8.15. The number of nitrogens with zero attached hydrogens (tertiary/aromatic N) is 2. The maximum atomic E-state index is 12.2. The predicted octanol–water partition coefficient (Wildman–Crippen LogP) is 3.48. The highest BCUT2D eigenvalue weighted by atomic mass is 32.1. The fourth-order valence-electron chi connectivity index (χ4n) is 2.43. The van der Waals surface area contributed by atoms with Gasteiger partial charge in [0.05, 0.1) is 26.3 Å². The van der Waals surface area contributed by atoms with Crippen LogP contribution >= 0.6 is 11.3 Å². The fourth-order valence-corrected chi connectivity index (χ4v) is 3.25. The van der Waals surface area contributed by atoms with E-state index in [0.29, 0.717) is 23.8 Å². The molecule has 2 aromatic rings. The summed E-state index contributed by atoms with van der Waals surface area (Å²) < 4.78 is 10.6. The molecule has 0 radical (unpaired) electrons. The Kier molecular flexibility index (Phi) is 6.20. The summed E-state index contributed by atoms with van der Waals surface area (Å²) in [6.07, 6.45) is 0.326. The Balaban J connectivity index is 2.12. The van der Waals surface area contributed by atoms with Crippen LogP contribution in [0.3, 0.4) is 0 Å². The van der Waals surface area contributed by atoms with Crippen LogP contribution in [0.1, 0.15) is 19.5 Å². The number of carbonyl (C=O) groups excluding carboxylic acids is 1. The lowest BCUT2D eigenvalue weighted by Crippen LogP contribution is -2.31. The van der Waals surface area contributed by atoms with E-state index < -0.39 is 0 Å². The second-order valence-electron chi connectivity index (χ2n) is 6.06. The van der Waals surface area contributed by atoms with Gasteiger partial charge in [0.15, 0.2) is 11.5 Å². The van der Waals surface area contributed by atoms with Crippen LogP contribution in [0, 0.1) is 5.92 Å². The molecule has 24 heavy (non-hydrogen) atoms. The molecule has 0 spiro atoms. The number of hydrogen-bond acceptors (Lipinski definition) is 5. The lowest BCUT2D eigenvalue weighted by molar-refractivity contribution is -0.129. The van der Waals surface area contributed by atoms with Gasteiger partial charge in [-0.1, -0.05) is 13.8 Å². The van der Waals surface area contributed by atoms with Crippen LogP contribution in [-0.4, -0.2) is 43.6 Å². The standard InChI is InChI=1S/C18H24N2O3S/c1-12(2)10-20(3)17(21)9-14-11-24-18(19-14)13-6-7-15(22-4)16(8-13)23-5/h6-8,11-12H,9-10H2,1-5H3. The van der Waals surface area contributed by atoms with E-state index in [4.69, 9.17) is 9.47 Å². The van der Waals surface area contributed by atoms with E-state index in [2.05, 4.69) is 18.8 Å². The number of thiazole rings is 1. The topological polar surface area (TPSA) is 51.7 Å². The van der Waals surface area contributed by atoms with E-state index in [9.17, 15) is 4.79 Å². The molecular formula is C18H24N2O3S. The minimum Gasteiger partial charge on any atom is -0.493 e. The molecule has 0 unspecified atom stereocenters. The number of rotatable bonds is 7. The smallest absolute Gasteiger partial charge is 0.228 e. The van der Waals surface area contributed by atoms with Gasteiger partial charge in [0.1, 0.15) is 5.01 Å². The van der Waals surface area contributed by atoms with Crippen molar-refractivity contribution in [2.75, 3.05) is 27.8 Å². The Bertz CT molecular complexity index is 697. The largest absolute Gasteiger partial charge is 0.493 e. The lowest BCUT2D eigenvalue weighted by Gasteiger charge is -2.18. The summed E-state index contributed by atoms with van der Waals surface area (Å²) in [5, 5.41) is 2.80. The molecule has 1 aromatic heterocycles. The third-order valence-electron chi connectivity index (χ3n) is 3.58. The quantitative estimate of drug-likeness (QED) is 0.769. The van der Waals surface area contributed by atoms with Gasteiger partial charge in [-0.25, -0.2) is 4.98 Å². The van der Waals surface area contributed by atoms with Crippen LogP contribution in [0.2, 0.25) is 0 Å². The van der Waals surface area contributed by atoms with Gasteiger partial charge in [-0.15, -0.1) is 11.3 Å². The summed E-state index contributed by atoms with van der Waals surface area (Å²) >= 11 is 1.52. The van der Waals surface area contributed by atoms with E-state index >= 15 is 0 Å². The van der Waals surface area contributed by atoms with Crippen LogP contribution in [0.15, 0.2) is 23.6 Å². The molecule has 1 amide bonds. The first-order valence-electron chi connectivity index (χ1n) is 7.85. The minimum absolute atomic E-state index is 0.0906. The van der Waals surface area contributed by atoms with E-state index in [1.165, 1.54) is 11.3 Å². The van der Waals surface area contributed by atoms with Gasteiger partial charge < -0.3 is 14.4 Å². The van der Waals surface area contributed by atoms with Crippen LogP contribution in [-0.2, 0) is 11.2 Å². The molecule has 0 aliphatic carbocycles. The summed E-state index contributed by atoms with van der Waals surface area (Å²) in [4.78, 5) is 18.6. The first-order valence-corrected chi connectivity index (χ1v) is 8.73. The summed E-state index contributed by atoms with van der Waals surface area (Å²) in [6, 6.07) is 5.70. The van der Waals surface area contributed by atoms with Gasteiger partial charge >= 0.3 is 0 Å². The first-order chi connectivity index (χ1) is 11.4. The molecule has 2 rings (SSSR count). The molecule has 0 atom stereocenters. The highest BCUT2D eigenvalue weighted by Crippen LogP contribution is 2.33. The molecule has 0 saturated carbocycles. The molecule has 0 fully saturated rings. The Morgan fingerprint density at radius 3 is 2.58 bits per heavy atom. The Morgan fingerprint density at radius 1 is 1.25 bits per heavy atom. The minimum atomic E-state index is 0.0906. The van der Waals surface area contributed by atoms with Crippen molar-refractivity contribution in [2.45, 2.75) is 20.3 Å². The van der Waals surface area contributed by atoms with Crippen molar-refractivity contribution in [1.82, 2.24) is 9.88 Å². The van der Waals surface area contributed by atoms with Crippen molar-refractivity contribution < 1.29 is 14.3 Å². The van der Waals surface area contributed by atoms with E-state index in [1.54, 1.807) is 19.1 Å². The maximum Gasteiger partial charge on any atom is 0.228 e. The van der Waals surface area contributed by atoms with E-state index in [1.807, 2.05) is 30.6 Å². The van der Waals surface area contributed by atoms with Gasteiger partial charge in [-0.2, -0.15) is 0 Å². The summed E-state index contributed by atoms with van der Waals surface area (Å²) in [7, 11) is 5.06. The molecule has 130 valence electrons. The third kappa shape index (κ3) is 4.47. The molecule has 0 bridgehead atoms. The molecule has 1 heterocycles. The Labute approximate surface area is 147 Å². The number of methoxy groups -OCH3 is 2. The molecule has 0 saturated heterocycles. The van der Waals surface area contributed by atoms with Gasteiger partial charge in [-0.3, -0.25) is 4.79 Å². The zero-order valence-electron chi connectivity index (χ0n) is 14.8. The van der Waals surface area contributed by atoms with Crippen LogP contribution in [0.4, 0.5) is 0 Å². The highest BCUT2D eigenvalue weighted by molar-refractivity contribution is 7.13. The van der Waals surface area contributed by atoms with Crippen molar-refractivity contribution in [3.8, 4) is 22.1 Å². The Hall–Kier alpha value is -2.08. The second-order valence-corrected chi connectivity index (χ2v) is 6.92. The number of ether oxygens (including phenoxy) is 2. The third-order valence-corrected chi connectivity index (χ3v) is 4.52. The van der Waals surface area contributed by atoms with Gasteiger partial charge in [0, 0.05) is 24.5 Å². The van der Waals surface area contributed by atoms with Gasteiger partial charge in [-0.05, 0) is 24.1 Å². The fraction of sp³-hybridized carbons (Fsp3) is 0.444. The summed E-state index contributed by atoms with van der Waals surface area (Å²) in [5.74, 6) is 1.90. The first kappa shape index (κ1) is 18.3. The number of amides is 1. The number of likely N-dealkylation sites (N-methyl/N-ethyl adjacent to an activating group) is 1. The normalized spacial score (nSPS) is 10.8. The molecule has 5 nitrogen and oxygen atoms in total. The van der Waals surface area contributed by atoms with Crippen LogP contribution < -0.4 is 9.47 Å². The van der Waals surface area contributed by atoms with Crippen molar-refractivity contribution in [3.63, 3.8) is 0 Å². The average Bonchev–Trinajstić information content (AvgIpc) is 3.01. The molecule has 0 aliphatic heterocycles. The zero-order chi connectivity index (χ0) is 17.7. The molecule has 6 heteroatoms. The Morgan fingerprint density at radius 2 is 1.96 bits per heavy atom. The molecule has 1 aromatic carbocycles. The zero-order valence-corrected chi connectivity index (χ0v) is 15.6. The van der Waals surface area contributed by atoms with Crippen LogP contribution in [0.5, 0.6) is 11.5 Å². The van der Waals surface area contributed by atoms with E-state index in [0.717, 1.165) is 22.8 Å². The summed E-state index contributed by atoms with van der Waals surface area (Å²) in [5.41, 5.74) is 1.75. The van der Waals surface area contributed by atoms with Crippen molar-refractivity contribution in [3.05, 3.63) is 29.3 Å². The predicted molar refractivity (Wildman–Crippen MR) is 96.8 cm³/mol. The van der Waals surface area contributed by atoms with Crippen molar-refractivity contribution in [2.24, 2.45) is 5.92 Å². The molecule has 0 N–H and O–H groups in total. The highest BCUT2D eigenvalue weighted by Gasteiger charge is 2.14. The lowest BCUT2D eigenvalue weighted by atomic mass is 10.2.